The van der Waals surface area contributed by atoms with Crippen molar-refractivity contribution < 1.29 is 14.3 Å². The molecule has 1 aliphatic heterocycles. The number of imide groups is 1. The van der Waals surface area contributed by atoms with Crippen LogP contribution in [0.3, 0.4) is 0 Å². The van der Waals surface area contributed by atoms with E-state index in [9.17, 15) is 9.59 Å². The fourth-order valence-electron chi connectivity index (χ4n) is 3.67. The monoisotopic (exact) mass is 421 g/mol. The van der Waals surface area contributed by atoms with E-state index in [2.05, 4.69) is 10.3 Å². The van der Waals surface area contributed by atoms with Crippen molar-refractivity contribution in [3.8, 4) is 16.3 Å². The Morgan fingerprint density at radius 1 is 1.07 bits per heavy atom. The van der Waals surface area contributed by atoms with E-state index in [1.54, 1.807) is 0 Å². The molecular weight excluding hydrogens is 398 g/mol. The van der Waals surface area contributed by atoms with Crippen LogP contribution in [0.2, 0.25) is 0 Å². The number of carbonyl (C=O) groups excluding carboxylic acids is 2. The first-order valence-electron chi connectivity index (χ1n) is 9.94. The van der Waals surface area contributed by atoms with Gasteiger partial charge in [0.05, 0.1) is 18.8 Å². The van der Waals surface area contributed by atoms with E-state index in [0.29, 0.717) is 18.7 Å². The average Bonchev–Trinajstić information content (AvgIpc) is 3.34. The van der Waals surface area contributed by atoms with E-state index in [0.717, 1.165) is 21.9 Å². The van der Waals surface area contributed by atoms with Gasteiger partial charge in [-0.1, -0.05) is 37.3 Å². The van der Waals surface area contributed by atoms with Gasteiger partial charge in [-0.25, -0.2) is 9.78 Å². The largest absolute Gasteiger partial charge is 0.494 e. The maximum Gasteiger partial charge on any atom is 0.325 e. The molecule has 0 spiro atoms. The van der Waals surface area contributed by atoms with Gasteiger partial charge in [-0.3, -0.25) is 9.69 Å². The summed E-state index contributed by atoms with van der Waals surface area (Å²) in [6, 6.07) is 16.7. The Balaban J connectivity index is 1.54. The van der Waals surface area contributed by atoms with Gasteiger partial charge in [0.1, 0.15) is 16.3 Å². The number of thiazole rings is 1. The van der Waals surface area contributed by atoms with Crippen molar-refractivity contribution >= 4 is 23.3 Å². The van der Waals surface area contributed by atoms with Crippen LogP contribution in [0.1, 0.15) is 31.5 Å². The molecule has 0 saturated carbocycles. The van der Waals surface area contributed by atoms with Crippen molar-refractivity contribution in [3.63, 3.8) is 0 Å². The normalized spacial score (nSPS) is 18.5. The number of nitrogens with one attached hydrogen (secondary N) is 1. The van der Waals surface area contributed by atoms with Gasteiger partial charge in [-0.2, -0.15) is 0 Å². The lowest BCUT2D eigenvalue weighted by Crippen LogP contribution is -2.43. The smallest absolute Gasteiger partial charge is 0.325 e. The molecule has 0 unspecified atom stereocenters. The lowest BCUT2D eigenvalue weighted by Gasteiger charge is -2.25. The Morgan fingerprint density at radius 2 is 1.80 bits per heavy atom. The predicted octanol–water partition coefficient (Wildman–Crippen LogP) is 4.57. The Labute approximate surface area is 179 Å². The van der Waals surface area contributed by atoms with Gasteiger partial charge >= 0.3 is 6.03 Å². The number of amides is 3. The van der Waals surface area contributed by atoms with Gasteiger partial charge in [0.25, 0.3) is 5.91 Å². The Hall–Kier alpha value is -3.19. The van der Waals surface area contributed by atoms with Crippen LogP contribution >= 0.6 is 11.3 Å². The standard InChI is InChI=1S/C23H23N3O3S/c1-3-23(17-8-6-5-7-9-17)21(27)26(22(28)25-23)14-18-15-30-20(24-18)16-10-12-19(13-11-16)29-4-2/h5-13,15H,3-4,14H2,1-2H3,(H,25,28)/t23-/m0/s1. The first-order chi connectivity index (χ1) is 14.6. The predicted molar refractivity (Wildman–Crippen MR) is 116 cm³/mol. The van der Waals surface area contributed by atoms with Crippen molar-refractivity contribution in [2.24, 2.45) is 0 Å². The fourth-order valence-corrected chi connectivity index (χ4v) is 4.48. The number of hydrogen-bond acceptors (Lipinski definition) is 5. The highest BCUT2D eigenvalue weighted by Crippen LogP contribution is 2.33. The van der Waals surface area contributed by atoms with Crippen molar-refractivity contribution in [1.29, 1.82) is 0 Å². The molecule has 2 heterocycles. The Kier molecular flexibility index (Phi) is 5.55. The minimum Gasteiger partial charge on any atom is -0.494 e. The van der Waals surface area contributed by atoms with Gasteiger partial charge in [0.15, 0.2) is 0 Å². The van der Waals surface area contributed by atoms with Crippen molar-refractivity contribution in [1.82, 2.24) is 15.2 Å². The summed E-state index contributed by atoms with van der Waals surface area (Å²) in [4.78, 5) is 31.8. The van der Waals surface area contributed by atoms with Crippen LogP contribution in [-0.4, -0.2) is 28.4 Å². The van der Waals surface area contributed by atoms with Crippen LogP contribution in [0.4, 0.5) is 4.79 Å². The highest BCUT2D eigenvalue weighted by atomic mass is 32.1. The SMILES string of the molecule is CCOc1ccc(-c2nc(CN3C(=O)N[C@@](CC)(c4ccccc4)C3=O)cs2)cc1. The average molecular weight is 422 g/mol. The van der Waals surface area contributed by atoms with Crippen molar-refractivity contribution in [3.05, 3.63) is 71.2 Å². The minimum atomic E-state index is -1.02. The molecule has 2 aromatic carbocycles. The van der Waals surface area contributed by atoms with Crippen LogP contribution in [0, 0.1) is 0 Å². The maximum absolute atomic E-state index is 13.3. The van der Waals surface area contributed by atoms with Crippen molar-refractivity contribution in [2.75, 3.05) is 6.61 Å². The number of benzene rings is 2. The van der Waals surface area contributed by atoms with Gasteiger partial charge in [0.2, 0.25) is 0 Å². The second kappa shape index (κ2) is 8.28. The molecular formula is C23H23N3O3S. The summed E-state index contributed by atoms with van der Waals surface area (Å²) in [5.74, 6) is 0.575. The summed E-state index contributed by atoms with van der Waals surface area (Å²) >= 11 is 1.49. The minimum absolute atomic E-state index is 0.146. The van der Waals surface area contributed by atoms with E-state index in [4.69, 9.17) is 4.74 Å². The van der Waals surface area contributed by atoms with Crippen LogP contribution in [0.5, 0.6) is 5.75 Å². The molecule has 0 radical (unpaired) electrons. The molecule has 1 aromatic heterocycles. The number of aromatic nitrogens is 1. The summed E-state index contributed by atoms with van der Waals surface area (Å²) < 4.78 is 5.48. The molecule has 154 valence electrons. The second-order valence-corrected chi connectivity index (χ2v) is 7.91. The van der Waals surface area contributed by atoms with E-state index in [-0.39, 0.29) is 18.5 Å². The van der Waals surface area contributed by atoms with E-state index in [1.165, 1.54) is 16.2 Å². The molecule has 1 N–H and O–H groups in total. The first kappa shape index (κ1) is 20.1. The van der Waals surface area contributed by atoms with Gasteiger partial charge in [-0.15, -0.1) is 11.3 Å². The summed E-state index contributed by atoms with van der Waals surface area (Å²) in [7, 11) is 0. The number of hydrogen-bond donors (Lipinski definition) is 1. The van der Waals surface area contributed by atoms with Crippen LogP contribution in [0.15, 0.2) is 60.0 Å². The van der Waals surface area contributed by atoms with Gasteiger partial charge < -0.3 is 10.1 Å². The highest BCUT2D eigenvalue weighted by Gasteiger charge is 2.51. The molecule has 3 aromatic rings. The van der Waals surface area contributed by atoms with Gasteiger partial charge in [0, 0.05) is 10.9 Å². The van der Waals surface area contributed by atoms with E-state index >= 15 is 0 Å². The topological polar surface area (TPSA) is 71.5 Å². The van der Waals surface area contributed by atoms with E-state index in [1.807, 2.05) is 73.8 Å². The number of nitrogens with zero attached hydrogens (tertiary/aromatic N) is 2. The summed E-state index contributed by atoms with van der Waals surface area (Å²) in [5, 5.41) is 5.64. The Bertz CT molecular complexity index is 1050. The molecule has 0 aliphatic carbocycles. The molecule has 1 saturated heterocycles. The first-order valence-corrected chi connectivity index (χ1v) is 10.8. The van der Waals surface area contributed by atoms with Crippen LogP contribution in [-0.2, 0) is 16.9 Å². The molecule has 1 fully saturated rings. The summed E-state index contributed by atoms with van der Waals surface area (Å²) in [6.07, 6.45) is 0.479. The molecule has 30 heavy (non-hydrogen) atoms. The lowest BCUT2D eigenvalue weighted by molar-refractivity contribution is -0.132. The third kappa shape index (κ3) is 3.57. The van der Waals surface area contributed by atoms with E-state index < -0.39 is 5.54 Å². The van der Waals surface area contributed by atoms with Crippen LogP contribution in [0.25, 0.3) is 10.6 Å². The zero-order valence-corrected chi connectivity index (χ0v) is 17.7. The fraction of sp³-hybridized carbons (Fsp3) is 0.261. The van der Waals surface area contributed by atoms with Crippen molar-refractivity contribution in [2.45, 2.75) is 32.4 Å². The molecule has 3 amide bonds. The molecule has 7 heteroatoms. The third-order valence-electron chi connectivity index (χ3n) is 5.26. The number of urea groups is 1. The highest BCUT2D eigenvalue weighted by molar-refractivity contribution is 7.13. The molecule has 1 aliphatic rings. The molecule has 6 nitrogen and oxygen atoms in total. The van der Waals surface area contributed by atoms with Gasteiger partial charge in [-0.05, 0) is 43.2 Å². The summed E-state index contributed by atoms with van der Waals surface area (Å²) in [5.41, 5.74) is 1.43. The third-order valence-corrected chi connectivity index (χ3v) is 6.20. The lowest BCUT2D eigenvalue weighted by atomic mass is 9.87. The number of carbonyl (C=O) groups is 2. The zero-order valence-electron chi connectivity index (χ0n) is 16.9. The molecule has 0 bridgehead atoms. The summed E-state index contributed by atoms with van der Waals surface area (Å²) in [6.45, 7) is 4.62. The second-order valence-electron chi connectivity index (χ2n) is 7.05. The quantitative estimate of drug-likeness (QED) is 0.568. The molecule has 4 rings (SSSR count). The molecule has 1 atom stereocenters. The zero-order chi connectivity index (χ0) is 21.1. The Morgan fingerprint density at radius 3 is 2.47 bits per heavy atom. The number of ether oxygens (including phenoxy) is 1. The number of rotatable bonds is 7. The maximum atomic E-state index is 13.3. The van der Waals surface area contributed by atoms with Crippen LogP contribution < -0.4 is 10.1 Å².